The first-order chi connectivity index (χ1) is 8.95. The lowest BCUT2D eigenvalue weighted by atomic mass is 9.68. The van der Waals surface area contributed by atoms with Crippen molar-refractivity contribution < 1.29 is 4.74 Å². The number of rotatable bonds is 2. The van der Waals surface area contributed by atoms with Crippen LogP contribution in [0.5, 0.6) is 0 Å². The number of nitriles is 1. The van der Waals surface area contributed by atoms with Gasteiger partial charge in [-0.3, -0.25) is 4.90 Å². The summed E-state index contributed by atoms with van der Waals surface area (Å²) in [5.74, 6) is 0.956. The average Bonchev–Trinajstić information content (AvgIpc) is 2.85. The summed E-state index contributed by atoms with van der Waals surface area (Å²) in [5, 5.41) is 9.43. The summed E-state index contributed by atoms with van der Waals surface area (Å²) in [6.45, 7) is 9.12. The van der Waals surface area contributed by atoms with Gasteiger partial charge in [-0.15, -0.1) is 0 Å². The Morgan fingerprint density at radius 1 is 1.21 bits per heavy atom. The number of hydrogen-bond donors (Lipinski definition) is 0. The maximum atomic E-state index is 9.43. The largest absolute Gasteiger partial charge is 0.380 e. The Morgan fingerprint density at radius 3 is 2.47 bits per heavy atom. The van der Waals surface area contributed by atoms with Crippen LogP contribution in [0.4, 0.5) is 0 Å². The van der Waals surface area contributed by atoms with Gasteiger partial charge < -0.3 is 4.74 Å². The van der Waals surface area contributed by atoms with Crippen molar-refractivity contribution in [2.24, 2.45) is 17.3 Å². The molecule has 0 aromatic rings. The molecule has 0 spiro atoms. The normalized spacial score (nSPS) is 37.2. The Morgan fingerprint density at radius 2 is 1.95 bits per heavy atom. The van der Waals surface area contributed by atoms with E-state index >= 15 is 0 Å². The van der Waals surface area contributed by atoms with Crippen LogP contribution in [0.15, 0.2) is 0 Å². The highest BCUT2D eigenvalue weighted by Gasteiger charge is 2.40. The first-order valence-corrected chi connectivity index (χ1v) is 7.62. The molecule has 0 radical (unpaired) electrons. The van der Waals surface area contributed by atoms with E-state index in [-0.39, 0.29) is 5.92 Å². The molecule has 1 aliphatic heterocycles. The van der Waals surface area contributed by atoms with Gasteiger partial charge >= 0.3 is 0 Å². The molecule has 1 saturated heterocycles. The van der Waals surface area contributed by atoms with Crippen molar-refractivity contribution in [3.8, 4) is 6.07 Å². The molecule has 2 aliphatic rings. The number of likely N-dealkylation sites (tertiary alicyclic amines) is 1. The predicted octanol–water partition coefficient (Wildman–Crippen LogP) is 3.06. The van der Waals surface area contributed by atoms with Crippen molar-refractivity contribution in [3.63, 3.8) is 0 Å². The quantitative estimate of drug-likeness (QED) is 0.769. The molecule has 19 heavy (non-hydrogen) atoms. The lowest BCUT2D eigenvalue weighted by Crippen LogP contribution is -2.45. The minimum Gasteiger partial charge on any atom is -0.380 e. The van der Waals surface area contributed by atoms with Gasteiger partial charge in [0, 0.05) is 26.2 Å². The first kappa shape index (κ1) is 14.8. The van der Waals surface area contributed by atoms with Gasteiger partial charge in [-0.05, 0) is 37.0 Å². The molecule has 2 rings (SSSR count). The van der Waals surface area contributed by atoms with Crippen LogP contribution in [0.1, 0.15) is 46.5 Å². The second-order valence-electron chi connectivity index (χ2n) is 7.32. The van der Waals surface area contributed by atoms with Crippen LogP contribution in [0.2, 0.25) is 0 Å². The molecule has 0 aromatic heterocycles. The van der Waals surface area contributed by atoms with E-state index in [4.69, 9.17) is 4.74 Å². The average molecular weight is 264 g/mol. The van der Waals surface area contributed by atoms with Crippen molar-refractivity contribution in [3.05, 3.63) is 0 Å². The van der Waals surface area contributed by atoms with Crippen LogP contribution < -0.4 is 0 Å². The van der Waals surface area contributed by atoms with Gasteiger partial charge in [-0.1, -0.05) is 20.8 Å². The number of hydrogen-bond acceptors (Lipinski definition) is 3. The van der Waals surface area contributed by atoms with Gasteiger partial charge in [0.15, 0.2) is 0 Å². The molecule has 0 bridgehead atoms. The molecule has 4 unspecified atom stereocenters. The van der Waals surface area contributed by atoms with Crippen molar-refractivity contribution >= 4 is 0 Å². The van der Waals surface area contributed by atoms with E-state index in [9.17, 15) is 5.26 Å². The molecule has 3 nitrogen and oxygen atoms in total. The Bertz CT molecular complexity index is 342. The summed E-state index contributed by atoms with van der Waals surface area (Å²) < 4.78 is 5.47. The number of ether oxygens (including phenoxy) is 1. The van der Waals surface area contributed by atoms with Crippen LogP contribution in [0.25, 0.3) is 0 Å². The summed E-state index contributed by atoms with van der Waals surface area (Å²) in [6, 6.07) is 3.00. The lowest BCUT2D eigenvalue weighted by molar-refractivity contribution is 0.0558. The zero-order chi connectivity index (χ0) is 14.0. The SMILES string of the molecule is COC1CCN(C2CC(C(C)(C)C)CCC2C#N)C1. The van der Waals surface area contributed by atoms with Gasteiger partial charge in [-0.25, -0.2) is 0 Å². The fourth-order valence-electron chi connectivity index (χ4n) is 3.74. The van der Waals surface area contributed by atoms with Gasteiger partial charge in [0.1, 0.15) is 0 Å². The monoisotopic (exact) mass is 264 g/mol. The summed E-state index contributed by atoms with van der Waals surface area (Å²) >= 11 is 0. The van der Waals surface area contributed by atoms with Crippen molar-refractivity contribution in [1.29, 1.82) is 5.26 Å². The van der Waals surface area contributed by atoms with Crippen LogP contribution in [0, 0.1) is 28.6 Å². The summed E-state index contributed by atoms with van der Waals surface area (Å²) in [5.41, 5.74) is 0.360. The molecular formula is C16H28N2O. The van der Waals surface area contributed by atoms with Crippen LogP contribution in [-0.2, 0) is 4.74 Å². The highest BCUT2D eigenvalue weighted by atomic mass is 16.5. The van der Waals surface area contributed by atoms with E-state index in [0.29, 0.717) is 17.6 Å². The Balaban J connectivity index is 2.05. The molecule has 0 amide bonds. The zero-order valence-corrected chi connectivity index (χ0v) is 12.9. The van der Waals surface area contributed by atoms with Crippen molar-refractivity contribution in [1.82, 2.24) is 4.90 Å². The third kappa shape index (κ3) is 3.30. The molecule has 1 aliphatic carbocycles. The second-order valence-corrected chi connectivity index (χ2v) is 7.32. The van der Waals surface area contributed by atoms with E-state index < -0.39 is 0 Å². The fourth-order valence-corrected chi connectivity index (χ4v) is 3.74. The maximum absolute atomic E-state index is 9.43. The standard InChI is InChI=1S/C16H28N2O/c1-16(2,3)13-6-5-12(10-17)15(9-13)18-8-7-14(11-18)19-4/h12-15H,5-9,11H2,1-4H3. The van der Waals surface area contributed by atoms with Crippen molar-refractivity contribution in [2.45, 2.75) is 58.6 Å². The fraction of sp³-hybridized carbons (Fsp3) is 0.938. The van der Waals surface area contributed by atoms with E-state index in [1.807, 2.05) is 0 Å². The molecule has 4 atom stereocenters. The highest BCUT2D eigenvalue weighted by molar-refractivity contribution is 5.00. The summed E-state index contributed by atoms with van der Waals surface area (Å²) in [6.07, 6.45) is 4.94. The highest BCUT2D eigenvalue weighted by Crippen LogP contribution is 2.42. The number of methoxy groups -OCH3 is 1. The van der Waals surface area contributed by atoms with Crippen molar-refractivity contribution in [2.75, 3.05) is 20.2 Å². The smallest absolute Gasteiger partial charge is 0.0710 e. The van der Waals surface area contributed by atoms with Gasteiger partial charge in [-0.2, -0.15) is 5.26 Å². The molecule has 0 aromatic carbocycles. The van der Waals surface area contributed by atoms with E-state index in [1.54, 1.807) is 7.11 Å². The Kier molecular flexibility index (Phi) is 4.53. The molecule has 1 saturated carbocycles. The number of nitrogens with zero attached hydrogens (tertiary/aromatic N) is 2. The third-order valence-electron chi connectivity index (χ3n) is 5.19. The maximum Gasteiger partial charge on any atom is 0.0710 e. The first-order valence-electron chi connectivity index (χ1n) is 7.62. The third-order valence-corrected chi connectivity index (χ3v) is 5.19. The van der Waals surface area contributed by atoms with Crippen LogP contribution in [-0.4, -0.2) is 37.2 Å². The van der Waals surface area contributed by atoms with Gasteiger partial charge in [0.2, 0.25) is 0 Å². The minimum absolute atomic E-state index is 0.217. The minimum atomic E-state index is 0.217. The molecule has 3 heteroatoms. The Hall–Kier alpha value is -0.590. The molecular weight excluding hydrogens is 236 g/mol. The predicted molar refractivity (Wildman–Crippen MR) is 76.7 cm³/mol. The van der Waals surface area contributed by atoms with E-state index in [2.05, 4.69) is 31.7 Å². The van der Waals surface area contributed by atoms with E-state index in [1.165, 1.54) is 12.8 Å². The van der Waals surface area contributed by atoms with Gasteiger partial charge in [0.25, 0.3) is 0 Å². The molecule has 1 heterocycles. The summed E-state index contributed by atoms with van der Waals surface area (Å²) in [4.78, 5) is 2.51. The summed E-state index contributed by atoms with van der Waals surface area (Å²) in [7, 11) is 1.80. The molecule has 2 fully saturated rings. The molecule has 108 valence electrons. The van der Waals surface area contributed by atoms with Crippen LogP contribution >= 0.6 is 0 Å². The Labute approximate surface area is 117 Å². The lowest BCUT2D eigenvalue weighted by Gasteiger charge is -2.43. The molecule has 0 N–H and O–H groups in total. The second kappa shape index (κ2) is 5.81. The zero-order valence-electron chi connectivity index (χ0n) is 12.9. The van der Waals surface area contributed by atoms with Gasteiger partial charge in [0.05, 0.1) is 18.1 Å². The van der Waals surface area contributed by atoms with Crippen LogP contribution in [0.3, 0.4) is 0 Å². The topological polar surface area (TPSA) is 36.3 Å². The van der Waals surface area contributed by atoms with E-state index in [0.717, 1.165) is 31.8 Å².